The van der Waals surface area contributed by atoms with Crippen molar-refractivity contribution in [1.82, 2.24) is 24.7 Å². The van der Waals surface area contributed by atoms with Crippen molar-refractivity contribution in [3.63, 3.8) is 0 Å². The monoisotopic (exact) mass is 192 g/mol. The fourth-order valence-corrected chi connectivity index (χ4v) is 1.08. The van der Waals surface area contributed by atoms with E-state index in [-0.39, 0.29) is 5.95 Å². The zero-order valence-electron chi connectivity index (χ0n) is 7.43. The maximum atomic E-state index is 11.0. The van der Waals surface area contributed by atoms with Gasteiger partial charge in [-0.3, -0.25) is 9.67 Å². The molecule has 0 aliphatic rings. The molecule has 0 unspecified atom stereocenters. The Kier molecular flexibility index (Phi) is 1.77. The fourth-order valence-electron chi connectivity index (χ4n) is 1.08. The highest BCUT2D eigenvalue weighted by molar-refractivity contribution is 5.52. The Balaban J connectivity index is 2.56. The second-order valence-corrected chi connectivity index (χ2v) is 2.76. The number of aromatic amines is 1. The third-order valence-electron chi connectivity index (χ3n) is 1.65. The summed E-state index contributed by atoms with van der Waals surface area (Å²) in [6.07, 6.45) is 3.30. The molecule has 0 radical (unpaired) electrons. The van der Waals surface area contributed by atoms with E-state index in [0.29, 0.717) is 11.4 Å². The van der Waals surface area contributed by atoms with E-state index >= 15 is 0 Å². The number of anilines is 1. The van der Waals surface area contributed by atoms with Gasteiger partial charge in [0.15, 0.2) is 0 Å². The lowest BCUT2D eigenvalue weighted by molar-refractivity contribution is 0.768. The molecule has 0 bridgehead atoms. The van der Waals surface area contributed by atoms with Gasteiger partial charge in [-0.15, -0.1) is 0 Å². The van der Waals surface area contributed by atoms with E-state index in [1.807, 2.05) is 0 Å². The Hall–Kier alpha value is -2.18. The summed E-state index contributed by atoms with van der Waals surface area (Å²) in [7, 11) is 1.77. The largest absolute Gasteiger partial charge is 0.368 e. The highest BCUT2D eigenvalue weighted by atomic mass is 16.1. The first-order valence-electron chi connectivity index (χ1n) is 3.88. The van der Waals surface area contributed by atoms with Gasteiger partial charge in [-0.05, 0) is 0 Å². The normalized spacial score (nSPS) is 10.4. The predicted molar refractivity (Wildman–Crippen MR) is 49.3 cm³/mol. The third-order valence-corrected chi connectivity index (χ3v) is 1.65. The third kappa shape index (κ3) is 1.47. The fraction of sp³-hybridized carbons (Fsp3) is 0.143. The van der Waals surface area contributed by atoms with Crippen molar-refractivity contribution in [2.75, 3.05) is 5.73 Å². The highest BCUT2D eigenvalue weighted by Crippen LogP contribution is 2.10. The van der Waals surface area contributed by atoms with Crippen LogP contribution in [-0.2, 0) is 7.05 Å². The van der Waals surface area contributed by atoms with Gasteiger partial charge in [0.1, 0.15) is 5.82 Å². The molecule has 0 saturated carbocycles. The van der Waals surface area contributed by atoms with Crippen molar-refractivity contribution in [3.8, 4) is 11.4 Å². The first-order valence-corrected chi connectivity index (χ1v) is 3.88. The molecule has 2 rings (SSSR count). The molecular formula is C7H8N6O. The zero-order valence-corrected chi connectivity index (χ0v) is 7.43. The van der Waals surface area contributed by atoms with Crippen molar-refractivity contribution in [2.24, 2.45) is 7.05 Å². The smallest absolute Gasteiger partial charge is 0.349 e. The summed E-state index contributed by atoms with van der Waals surface area (Å²) in [5.74, 6) is 0.322. The predicted octanol–water partition coefficient (Wildman–Crippen LogP) is -0.852. The maximum absolute atomic E-state index is 11.0. The number of rotatable bonds is 1. The molecule has 7 heteroatoms. The molecule has 0 fully saturated rings. The van der Waals surface area contributed by atoms with Gasteiger partial charge in [-0.2, -0.15) is 15.1 Å². The van der Waals surface area contributed by atoms with Crippen molar-refractivity contribution >= 4 is 5.95 Å². The number of H-pyrrole nitrogens is 1. The topological polar surface area (TPSA) is 102 Å². The molecule has 2 aromatic rings. The number of nitrogens with two attached hydrogens (primary N) is 1. The number of nitrogens with zero attached hydrogens (tertiary/aromatic N) is 4. The molecule has 7 nitrogen and oxygen atoms in total. The van der Waals surface area contributed by atoms with Crippen molar-refractivity contribution in [2.45, 2.75) is 0 Å². The van der Waals surface area contributed by atoms with Gasteiger partial charge >= 0.3 is 5.69 Å². The van der Waals surface area contributed by atoms with Crippen LogP contribution in [0, 0.1) is 0 Å². The summed E-state index contributed by atoms with van der Waals surface area (Å²) >= 11 is 0. The Morgan fingerprint density at radius 2 is 2.29 bits per heavy atom. The summed E-state index contributed by atoms with van der Waals surface area (Å²) < 4.78 is 1.60. The van der Waals surface area contributed by atoms with Gasteiger partial charge in [-0.1, -0.05) is 0 Å². The average molecular weight is 192 g/mol. The second-order valence-electron chi connectivity index (χ2n) is 2.76. The Bertz CT molecular complexity index is 513. The van der Waals surface area contributed by atoms with E-state index in [4.69, 9.17) is 5.73 Å². The van der Waals surface area contributed by atoms with E-state index in [1.54, 1.807) is 24.1 Å². The lowest BCUT2D eigenvalue weighted by atomic mass is 10.3. The molecule has 2 heterocycles. The molecule has 0 saturated heterocycles. The first kappa shape index (κ1) is 8.42. The minimum atomic E-state index is -0.517. The lowest BCUT2D eigenvalue weighted by Gasteiger charge is -1.95. The summed E-state index contributed by atoms with van der Waals surface area (Å²) in [6.45, 7) is 0. The summed E-state index contributed by atoms with van der Waals surface area (Å²) in [5.41, 5.74) is 5.51. The molecule has 0 spiro atoms. The molecule has 0 aromatic carbocycles. The van der Waals surface area contributed by atoms with Crippen LogP contribution in [0.5, 0.6) is 0 Å². The summed E-state index contributed by atoms with van der Waals surface area (Å²) in [5, 5.41) is 3.95. The number of hydrogen-bond donors (Lipinski definition) is 2. The van der Waals surface area contributed by atoms with Gasteiger partial charge in [-0.25, -0.2) is 4.79 Å². The van der Waals surface area contributed by atoms with Crippen LogP contribution >= 0.6 is 0 Å². The van der Waals surface area contributed by atoms with Gasteiger partial charge < -0.3 is 5.73 Å². The number of aryl methyl sites for hydroxylation is 1. The van der Waals surface area contributed by atoms with Gasteiger partial charge in [0, 0.05) is 13.2 Å². The molecule has 3 N–H and O–H groups in total. The number of aromatic nitrogens is 5. The SMILES string of the molecule is Cn1cc(-c2nc(N)nc(=O)[nH]2)cn1. The molecular weight excluding hydrogens is 184 g/mol. The van der Waals surface area contributed by atoms with Crippen LogP contribution in [0.4, 0.5) is 5.95 Å². The van der Waals surface area contributed by atoms with Gasteiger partial charge in [0.2, 0.25) is 5.95 Å². The molecule has 2 aromatic heterocycles. The van der Waals surface area contributed by atoms with Crippen LogP contribution in [0.15, 0.2) is 17.2 Å². The Morgan fingerprint density at radius 3 is 2.86 bits per heavy atom. The van der Waals surface area contributed by atoms with Crippen LogP contribution in [0.2, 0.25) is 0 Å². The maximum Gasteiger partial charge on any atom is 0.349 e. The molecule has 72 valence electrons. The Morgan fingerprint density at radius 1 is 1.50 bits per heavy atom. The quantitative estimate of drug-likeness (QED) is 0.612. The van der Waals surface area contributed by atoms with Crippen molar-refractivity contribution < 1.29 is 0 Å². The molecule has 0 aliphatic heterocycles. The minimum absolute atomic E-state index is 0.0485. The molecule has 0 amide bonds. The van der Waals surface area contributed by atoms with E-state index in [9.17, 15) is 4.79 Å². The number of nitrogen functional groups attached to an aromatic ring is 1. The highest BCUT2D eigenvalue weighted by Gasteiger charge is 2.04. The van der Waals surface area contributed by atoms with Gasteiger partial charge in [0.25, 0.3) is 0 Å². The van der Waals surface area contributed by atoms with E-state index in [2.05, 4.69) is 20.1 Å². The number of nitrogens with one attached hydrogen (secondary N) is 1. The molecule has 0 aliphatic carbocycles. The number of hydrogen-bond acceptors (Lipinski definition) is 5. The average Bonchev–Trinajstić information content (AvgIpc) is 2.50. The minimum Gasteiger partial charge on any atom is -0.368 e. The summed E-state index contributed by atoms with van der Waals surface area (Å²) in [4.78, 5) is 20.7. The van der Waals surface area contributed by atoms with E-state index < -0.39 is 5.69 Å². The van der Waals surface area contributed by atoms with Crippen molar-refractivity contribution in [3.05, 3.63) is 22.9 Å². The van der Waals surface area contributed by atoms with Crippen LogP contribution in [0.3, 0.4) is 0 Å². The Labute approximate surface area is 78.6 Å². The first-order chi connectivity index (χ1) is 6.65. The van der Waals surface area contributed by atoms with Crippen molar-refractivity contribution in [1.29, 1.82) is 0 Å². The molecule has 0 atom stereocenters. The lowest BCUT2D eigenvalue weighted by Crippen LogP contribution is -2.15. The second kappa shape index (κ2) is 2.95. The standard InChI is InChI=1S/C7H8N6O/c1-13-3-4(2-9-13)5-10-6(8)12-7(14)11-5/h2-3H,1H3,(H3,8,10,11,12,14). The van der Waals surface area contributed by atoms with E-state index in [1.165, 1.54) is 0 Å². The van der Waals surface area contributed by atoms with Crippen LogP contribution in [-0.4, -0.2) is 24.7 Å². The van der Waals surface area contributed by atoms with Gasteiger partial charge in [0.05, 0.1) is 11.8 Å². The zero-order chi connectivity index (χ0) is 10.1. The van der Waals surface area contributed by atoms with Crippen LogP contribution in [0.25, 0.3) is 11.4 Å². The summed E-state index contributed by atoms with van der Waals surface area (Å²) in [6, 6.07) is 0. The van der Waals surface area contributed by atoms with Crippen LogP contribution < -0.4 is 11.4 Å². The van der Waals surface area contributed by atoms with Crippen LogP contribution in [0.1, 0.15) is 0 Å². The van der Waals surface area contributed by atoms with E-state index in [0.717, 1.165) is 0 Å². The molecule has 14 heavy (non-hydrogen) atoms.